The molecule has 0 aliphatic heterocycles. The molecule has 0 heterocycles. The summed E-state index contributed by atoms with van der Waals surface area (Å²) in [6.45, 7) is 4.24. The standard InChI is InChI=1S/C60H115NO4/c1-3-5-7-9-11-13-15-17-19-21-23-25-27-29-30-31-33-35-37-39-41-43-45-47-49-51-53-57(63)55-60(65)61-58(56-62)59(64)54-52-50-48-46-44-42-40-38-36-34-32-28-26-24-22-20-18-16-14-12-10-8-6-4-2/h36,38,44,46,52,54,57-59,62-64H,3-35,37,39-43,45,47-51,53,55-56H2,1-2H3,(H,61,65)/b38-36+,46-44+,54-52+. The highest BCUT2D eigenvalue weighted by atomic mass is 16.3. The van der Waals surface area contributed by atoms with Gasteiger partial charge < -0.3 is 20.6 Å². The molecule has 0 spiro atoms. The van der Waals surface area contributed by atoms with E-state index in [-0.39, 0.29) is 18.9 Å². The Morgan fingerprint density at radius 3 is 0.985 bits per heavy atom. The maximum atomic E-state index is 12.5. The molecular formula is C60H115NO4. The minimum absolute atomic E-state index is 0.00579. The molecule has 1 amide bonds. The first-order valence-electron chi connectivity index (χ1n) is 29.3. The largest absolute Gasteiger partial charge is 0.394 e. The van der Waals surface area contributed by atoms with Crippen molar-refractivity contribution in [2.24, 2.45) is 0 Å². The summed E-state index contributed by atoms with van der Waals surface area (Å²) < 4.78 is 0. The number of aliphatic hydroxyl groups excluding tert-OH is 3. The Bertz CT molecular complexity index is 1010. The van der Waals surface area contributed by atoms with E-state index in [0.717, 1.165) is 38.5 Å². The molecule has 384 valence electrons. The zero-order chi connectivity index (χ0) is 47.2. The van der Waals surface area contributed by atoms with Gasteiger partial charge in [-0.15, -0.1) is 0 Å². The first kappa shape index (κ1) is 63.6. The minimum atomic E-state index is -0.960. The van der Waals surface area contributed by atoms with Crippen molar-refractivity contribution in [1.82, 2.24) is 5.32 Å². The monoisotopic (exact) mass is 914 g/mol. The number of allylic oxidation sites excluding steroid dienone is 5. The number of carbonyl (C=O) groups is 1. The first-order valence-corrected chi connectivity index (χ1v) is 29.3. The lowest BCUT2D eigenvalue weighted by Gasteiger charge is -2.21. The van der Waals surface area contributed by atoms with E-state index in [1.54, 1.807) is 6.08 Å². The zero-order valence-corrected chi connectivity index (χ0v) is 43.9. The Morgan fingerprint density at radius 1 is 0.385 bits per heavy atom. The topological polar surface area (TPSA) is 89.8 Å². The maximum Gasteiger partial charge on any atom is 0.222 e. The van der Waals surface area contributed by atoms with E-state index in [2.05, 4.69) is 43.5 Å². The van der Waals surface area contributed by atoms with Crippen LogP contribution in [0.4, 0.5) is 0 Å². The molecule has 0 aromatic heterocycles. The van der Waals surface area contributed by atoms with E-state index >= 15 is 0 Å². The number of rotatable bonds is 54. The van der Waals surface area contributed by atoms with Crippen molar-refractivity contribution in [3.05, 3.63) is 36.5 Å². The second kappa shape index (κ2) is 55.2. The molecule has 0 saturated heterocycles. The molecule has 3 atom stereocenters. The van der Waals surface area contributed by atoms with Gasteiger partial charge in [-0.3, -0.25) is 4.79 Å². The van der Waals surface area contributed by atoms with Crippen molar-refractivity contribution in [2.45, 2.75) is 334 Å². The van der Waals surface area contributed by atoms with Crippen molar-refractivity contribution < 1.29 is 20.1 Å². The maximum absolute atomic E-state index is 12.5. The van der Waals surface area contributed by atoms with Crippen LogP contribution in [0.5, 0.6) is 0 Å². The first-order chi connectivity index (χ1) is 32.0. The van der Waals surface area contributed by atoms with E-state index in [4.69, 9.17) is 0 Å². The summed E-state index contributed by atoms with van der Waals surface area (Å²) in [4.78, 5) is 12.5. The fourth-order valence-electron chi connectivity index (χ4n) is 9.20. The van der Waals surface area contributed by atoms with Crippen LogP contribution >= 0.6 is 0 Å². The summed E-state index contributed by atoms with van der Waals surface area (Å²) in [5.41, 5.74) is 0. The van der Waals surface area contributed by atoms with E-state index in [1.165, 1.54) is 250 Å². The third-order valence-corrected chi connectivity index (χ3v) is 13.7. The molecule has 0 rings (SSSR count). The van der Waals surface area contributed by atoms with Gasteiger partial charge in [-0.1, -0.05) is 301 Å². The molecule has 0 fully saturated rings. The van der Waals surface area contributed by atoms with Crippen molar-refractivity contribution in [2.75, 3.05) is 6.61 Å². The lowest BCUT2D eigenvalue weighted by Crippen LogP contribution is -2.45. The molecule has 0 aromatic carbocycles. The Kier molecular flexibility index (Phi) is 54.0. The van der Waals surface area contributed by atoms with Crippen molar-refractivity contribution >= 4 is 5.91 Å². The summed E-state index contributed by atoms with van der Waals surface area (Å²) in [7, 11) is 0. The van der Waals surface area contributed by atoms with Gasteiger partial charge in [-0.05, 0) is 44.9 Å². The van der Waals surface area contributed by atoms with Crippen LogP contribution in [0.15, 0.2) is 36.5 Å². The molecule has 0 aliphatic carbocycles. The van der Waals surface area contributed by atoms with Crippen LogP contribution in [-0.2, 0) is 4.79 Å². The predicted molar refractivity (Wildman–Crippen MR) is 287 cm³/mol. The van der Waals surface area contributed by atoms with Crippen molar-refractivity contribution in [3.8, 4) is 0 Å². The van der Waals surface area contributed by atoms with Crippen LogP contribution < -0.4 is 5.32 Å². The molecular weight excluding hydrogens is 799 g/mol. The number of carbonyl (C=O) groups excluding carboxylic acids is 1. The highest BCUT2D eigenvalue weighted by Crippen LogP contribution is 2.18. The normalized spacial score (nSPS) is 13.5. The van der Waals surface area contributed by atoms with Gasteiger partial charge in [-0.2, -0.15) is 0 Å². The lowest BCUT2D eigenvalue weighted by atomic mass is 10.0. The van der Waals surface area contributed by atoms with Crippen LogP contribution in [0.3, 0.4) is 0 Å². The Hall–Kier alpha value is -1.43. The van der Waals surface area contributed by atoms with Crippen LogP contribution in [0.25, 0.3) is 0 Å². The number of hydrogen-bond donors (Lipinski definition) is 4. The Labute approximate surface area is 406 Å². The molecule has 5 nitrogen and oxygen atoms in total. The predicted octanol–water partition coefficient (Wildman–Crippen LogP) is 18.2. The van der Waals surface area contributed by atoms with E-state index in [0.29, 0.717) is 6.42 Å². The lowest BCUT2D eigenvalue weighted by molar-refractivity contribution is -0.124. The smallest absolute Gasteiger partial charge is 0.222 e. The van der Waals surface area contributed by atoms with Gasteiger partial charge in [-0.25, -0.2) is 0 Å². The number of nitrogens with one attached hydrogen (secondary N) is 1. The van der Waals surface area contributed by atoms with Crippen molar-refractivity contribution in [3.63, 3.8) is 0 Å². The van der Waals surface area contributed by atoms with E-state index < -0.39 is 18.2 Å². The average molecular weight is 915 g/mol. The highest BCUT2D eigenvalue weighted by Gasteiger charge is 2.20. The molecule has 4 N–H and O–H groups in total. The number of aliphatic hydroxyl groups is 3. The number of unbranched alkanes of at least 4 members (excludes halogenated alkanes) is 41. The van der Waals surface area contributed by atoms with Crippen molar-refractivity contribution in [1.29, 1.82) is 0 Å². The summed E-state index contributed by atoms with van der Waals surface area (Å²) in [6.07, 6.45) is 72.0. The van der Waals surface area contributed by atoms with E-state index in [1.807, 2.05) is 6.08 Å². The summed E-state index contributed by atoms with van der Waals surface area (Å²) in [6, 6.07) is -0.767. The molecule has 65 heavy (non-hydrogen) atoms. The molecule has 0 bridgehead atoms. The van der Waals surface area contributed by atoms with Gasteiger partial charge in [0.2, 0.25) is 5.91 Å². The van der Waals surface area contributed by atoms with Gasteiger partial charge >= 0.3 is 0 Å². The highest BCUT2D eigenvalue weighted by molar-refractivity contribution is 5.76. The van der Waals surface area contributed by atoms with Gasteiger partial charge in [0, 0.05) is 0 Å². The third kappa shape index (κ3) is 51.8. The fraction of sp³-hybridized carbons (Fsp3) is 0.883. The van der Waals surface area contributed by atoms with Gasteiger partial charge in [0.05, 0.1) is 31.3 Å². The average Bonchev–Trinajstić information content (AvgIpc) is 3.30. The quantitative estimate of drug-likeness (QED) is 0.0361. The van der Waals surface area contributed by atoms with Crippen LogP contribution in [0, 0.1) is 0 Å². The summed E-state index contributed by atoms with van der Waals surface area (Å²) in [5, 5.41) is 33.5. The number of amides is 1. The Balaban J connectivity index is 3.59. The minimum Gasteiger partial charge on any atom is -0.394 e. The van der Waals surface area contributed by atoms with Crippen LogP contribution in [-0.4, -0.2) is 46.1 Å². The third-order valence-electron chi connectivity index (χ3n) is 13.7. The Morgan fingerprint density at radius 2 is 0.662 bits per heavy atom. The molecule has 3 unspecified atom stereocenters. The van der Waals surface area contributed by atoms with Gasteiger partial charge in [0.15, 0.2) is 0 Å². The van der Waals surface area contributed by atoms with Gasteiger partial charge in [0.1, 0.15) is 0 Å². The zero-order valence-electron chi connectivity index (χ0n) is 43.9. The van der Waals surface area contributed by atoms with Crippen LogP contribution in [0.1, 0.15) is 316 Å². The van der Waals surface area contributed by atoms with E-state index in [9.17, 15) is 20.1 Å². The van der Waals surface area contributed by atoms with Gasteiger partial charge in [0.25, 0.3) is 0 Å². The molecule has 0 saturated carbocycles. The number of hydrogen-bond acceptors (Lipinski definition) is 4. The fourth-order valence-corrected chi connectivity index (χ4v) is 9.20. The van der Waals surface area contributed by atoms with Crippen LogP contribution in [0.2, 0.25) is 0 Å². The molecule has 0 aromatic rings. The summed E-state index contributed by atoms with van der Waals surface area (Å²) >= 11 is 0. The summed E-state index contributed by atoms with van der Waals surface area (Å²) in [5.74, 6) is -0.324. The molecule has 0 radical (unpaired) electrons. The molecule has 5 heteroatoms. The second-order valence-corrected chi connectivity index (χ2v) is 20.2. The molecule has 0 aliphatic rings. The SMILES string of the molecule is CCCCCCCCCCCCCCCC/C=C/CC/C=C/CC/C=C/C(O)C(CO)NC(=O)CC(O)CCCCCCCCCCCCCCCCCCCCCCCCCCCC. The second-order valence-electron chi connectivity index (χ2n) is 20.2.